The Labute approximate surface area is 164 Å². The van der Waals surface area contributed by atoms with Crippen molar-refractivity contribution in [3.05, 3.63) is 36.5 Å². The number of ketones is 2. The number of Topliss-reactive ketones (excluding diaryl/α,β-unsaturated/α-hetero) is 1. The molecule has 4 rings (SSSR count). The Kier molecular flexibility index (Phi) is 5.34. The lowest BCUT2D eigenvalue weighted by atomic mass is 9.92. The zero-order valence-electron chi connectivity index (χ0n) is 16.1. The molecule has 7 nitrogen and oxygen atoms in total. The minimum atomic E-state index is -0.680. The molecular formula is C21H25N5O2. The fourth-order valence-electron chi connectivity index (χ4n) is 3.68. The third kappa shape index (κ3) is 3.75. The van der Waals surface area contributed by atoms with Crippen molar-refractivity contribution < 1.29 is 9.59 Å². The third-order valence-electron chi connectivity index (χ3n) is 5.39. The monoisotopic (exact) mass is 379 g/mol. The number of rotatable bonds is 5. The van der Waals surface area contributed by atoms with Gasteiger partial charge in [-0.2, -0.15) is 0 Å². The van der Waals surface area contributed by atoms with Gasteiger partial charge in [0.05, 0.1) is 11.4 Å². The van der Waals surface area contributed by atoms with Crippen molar-refractivity contribution in [3.8, 4) is 0 Å². The molecule has 146 valence electrons. The molecule has 0 bridgehead atoms. The first-order valence-corrected chi connectivity index (χ1v) is 9.92. The zero-order chi connectivity index (χ0) is 19.5. The number of piperidine rings is 1. The molecule has 1 atom stereocenters. The molecule has 28 heavy (non-hydrogen) atoms. The predicted molar refractivity (Wildman–Crippen MR) is 109 cm³/mol. The van der Waals surface area contributed by atoms with Crippen molar-refractivity contribution in [2.24, 2.45) is 10.9 Å². The van der Waals surface area contributed by atoms with Crippen LogP contribution in [-0.4, -0.2) is 58.0 Å². The highest BCUT2D eigenvalue weighted by atomic mass is 16.2. The first kappa shape index (κ1) is 18.6. The SMILES string of the molecule is CC1C(=O)C=CC(=Nc2c(NCCN3CCCCC3)nn3ccccc23)C1=O. The molecule has 1 N–H and O–H groups in total. The summed E-state index contributed by atoms with van der Waals surface area (Å²) >= 11 is 0. The lowest BCUT2D eigenvalue weighted by molar-refractivity contribution is -0.126. The summed E-state index contributed by atoms with van der Waals surface area (Å²) in [6, 6.07) is 5.75. The summed E-state index contributed by atoms with van der Waals surface area (Å²) in [6.45, 7) is 5.63. The topological polar surface area (TPSA) is 79.1 Å². The summed E-state index contributed by atoms with van der Waals surface area (Å²) in [4.78, 5) is 31.3. The minimum absolute atomic E-state index is 0.177. The van der Waals surface area contributed by atoms with E-state index in [1.807, 2.05) is 24.4 Å². The van der Waals surface area contributed by atoms with Crippen molar-refractivity contribution in [2.75, 3.05) is 31.5 Å². The maximum absolute atomic E-state index is 12.5. The van der Waals surface area contributed by atoms with E-state index in [1.165, 1.54) is 31.4 Å². The number of anilines is 1. The summed E-state index contributed by atoms with van der Waals surface area (Å²) in [6.07, 6.45) is 8.64. The van der Waals surface area contributed by atoms with Crippen molar-refractivity contribution in [1.82, 2.24) is 14.5 Å². The molecule has 7 heteroatoms. The normalized spacial score (nSPS) is 22.3. The van der Waals surface area contributed by atoms with Crippen LogP contribution in [0.5, 0.6) is 0 Å². The van der Waals surface area contributed by atoms with Crippen molar-refractivity contribution in [2.45, 2.75) is 26.2 Å². The molecule has 1 fully saturated rings. The van der Waals surface area contributed by atoms with Gasteiger partial charge in [-0.25, -0.2) is 9.51 Å². The van der Waals surface area contributed by atoms with Gasteiger partial charge in [-0.15, -0.1) is 5.10 Å². The fourth-order valence-corrected chi connectivity index (χ4v) is 3.68. The smallest absolute Gasteiger partial charge is 0.191 e. The standard InChI is InChI=1S/C21H25N5O2/c1-15-18(27)9-8-16(20(15)28)23-19-17-7-3-6-13-26(17)24-21(19)22-10-14-25-11-4-2-5-12-25/h3,6-9,13,15H,2,4-5,10-12,14H2,1H3,(H,22,24). The van der Waals surface area contributed by atoms with Crippen LogP contribution in [0.15, 0.2) is 41.5 Å². The molecule has 3 heterocycles. The molecule has 1 unspecified atom stereocenters. The van der Waals surface area contributed by atoms with E-state index < -0.39 is 5.92 Å². The van der Waals surface area contributed by atoms with Crippen molar-refractivity contribution in [3.63, 3.8) is 0 Å². The molecule has 0 aromatic carbocycles. The molecule has 2 aromatic heterocycles. The Balaban J connectivity index is 1.60. The van der Waals surface area contributed by atoms with E-state index in [2.05, 4.69) is 20.3 Å². The molecule has 1 aliphatic heterocycles. The van der Waals surface area contributed by atoms with E-state index in [0.29, 0.717) is 17.2 Å². The van der Waals surface area contributed by atoms with Crippen molar-refractivity contribution >= 4 is 34.3 Å². The Bertz CT molecular complexity index is 953. The number of hydrogen-bond acceptors (Lipinski definition) is 6. The van der Waals surface area contributed by atoms with Crippen LogP contribution in [0.1, 0.15) is 26.2 Å². The van der Waals surface area contributed by atoms with Crippen LogP contribution in [0.3, 0.4) is 0 Å². The predicted octanol–water partition coefficient (Wildman–Crippen LogP) is 2.65. The second-order valence-corrected chi connectivity index (χ2v) is 7.38. The molecule has 1 saturated heterocycles. The van der Waals surface area contributed by atoms with Crippen LogP contribution in [-0.2, 0) is 9.59 Å². The quantitative estimate of drug-likeness (QED) is 0.808. The molecule has 0 radical (unpaired) electrons. The third-order valence-corrected chi connectivity index (χ3v) is 5.39. The van der Waals surface area contributed by atoms with E-state index in [-0.39, 0.29) is 11.6 Å². The Morgan fingerprint density at radius 1 is 1.18 bits per heavy atom. The highest BCUT2D eigenvalue weighted by Gasteiger charge is 2.27. The number of likely N-dealkylation sites (tertiary alicyclic amines) is 1. The van der Waals surface area contributed by atoms with Gasteiger partial charge in [0.1, 0.15) is 11.4 Å². The fraction of sp³-hybridized carbons (Fsp3) is 0.429. The average molecular weight is 379 g/mol. The lowest BCUT2D eigenvalue weighted by Gasteiger charge is -2.26. The first-order chi connectivity index (χ1) is 13.6. The minimum Gasteiger partial charge on any atom is -0.365 e. The van der Waals surface area contributed by atoms with Crippen LogP contribution in [0.25, 0.3) is 5.52 Å². The van der Waals surface area contributed by atoms with Crippen LogP contribution < -0.4 is 5.32 Å². The van der Waals surface area contributed by atoms with Crippen LogP contribution in [0, 0.1) is 5.92 Å². The highest BCUT2D eigenvalue weighted by Crippen LogP contribution is 2.30. The van der Waals surface area contributed by atoms with Gasteiger partial charge in [-0.05, 0) is 57.1 Å². The summed E-state index contributed by atoms with van der Waals surface area (Å²) < 4.78 is 1.76. The first-order valence-electron chi connectivity index (χ1n) is 9.92. The van der Waals surface area contributed by atoms with Crippen LogP contribution >= 0.6 is 0 Å². The van der Waals surface area contributed by atoms with E-state index in [4.69, 9.17) is 0 Å². The maximum Gasteiger partial charge on any atom is 0.191 e. The molecule has 2 aromatic rings. The lowest BCUT2D eigenvalue weighted by Crippen LogP contribution is -2.33. The van der Waals surface area contributed by atoms with E-state index in [1.54, 1.807) is 11.4 Å². The molecular weight excluding hydrogens is 354 g/mol. The van der Waals surface area contributed by atoms with Gasteiger partial charge in [-0.3, -0.25) is 9.59 Å². The molecule has 2 aliphatic rings. The molecule has 0 saturated carbocycles. The van der Waals surface area contributed by atoms with Crippen molar-refractivity contribution in [1.29, 1.82) is 0 Å². The zero-order valence-corrected chi connectivity index (χ0v) is 16.1. The number of carbonyl (C=O) groups excluding carboxylic acids is 2. The summed E-state index contributed by atoms with van der Waals surface area (Å²) in [5.41, 5.74) is 1.75. The second kappa shape index (κ2) is 8.06. The number of nitrogens with one attached hydrogen (secondary N) is 1. The number of aliphatic imine (C=N–C) groups is 1. The van der Waals surface area contributed by atoms with Gasteiger partial charge in [0.2, 0.25) is 0 Å². The molecule has 1 aliphatic carbocycles. The highest BCUT2D eigenvalue weighted by molar-refractivity contribution is 6.50. The van der Waals surface area contributed by atoms with Crippen LogP contribution in [0.2, 0.25) is 0 Å². The van der Waals surface area contributed by atoms with Gasteiger partial charge in [0.15, 0.2) is 17.4 Å². The van der Waals surface area contributed by atoms with E-state index in [0.717, 1.165) is 31.7 Å². The summed E-state index contributed by atoms with van der Waals surface area (Å²) in [7, 11) is 0. The molecule has 0 amide bonds. The number of carbonyl (C=O) groups is 2. The number of hydrogen-bond donors (Lipinski definition) is 1. The number of fused-ring (bicyclic) bond motifs is 1. The van der Waals surface area contributed by atoms with Gasteiger partial charge >= 0.3 is 0 Å². The van der Waals surface area contributed by atoms with Crippen LogP contribution in [0.4, 0.5) is 11.5 Å². The largest absolute Gasteiger partial charge is 0.365 e. The van der Waals surface area contributed by atoms with Gasteiger partial charge in [-0.1, -0.05) is 12.5 Å². The van der Waals surface area contributed by atoms with Gasteiger partial charge in [0, 0.05) is 19.3 Å². The Morgan fingerprint density at radius 2 is 2.00 bits per heavy atom. The Morgan fingerprint density at radius 3 is 2.82 bits per heavy atom. The Hall–Kier alpha value is -2.80. The van der Waals surface area contributed by atoms with E-state index in [9.17, 15) is 9.59 Å². The number of allylic oxidation sites excluding steroid dienone is 2. The summed E-state index contributed by atoms with van der Waals surface area (Å²) in [5, 5.41) is 7.99. The summed E-state index contributed by atoms with van der Waals surface area (Å²) in [5.74, 6) is -0.451. The van der Waals surface area contributed by atoms with Gasteiger partial charge in [0.25, 0.3) is 0 Å². The second-order valence-electron chi connectivity index (χ2n) is 7.38. The number of nitrogens with zero attached hydrogens (tertiary/aromatic N) is 4. The number of aromatic nitrogens is 2. The maximum atomic E-state index is 12.5. The van der Waals surface area contributed by atoms with Gasteiger partial charge < -0.3 is 10.2 Å². The average Bonchev–Trinajstić information content (AvgIpc) is 3.06. The number of pyridine rings is 1. The van der Waals surface area contributed by atoms with E-state index >= 15 is 0 Å². The molecule has 0 spiro atoms.